The van der Waals surface area contributed by atoms with E-state index < -0.39 is 11.9 Å². The highest BCUT2D eigenvalue weighted by Crippen LogP contribution is 2.41. The third-order valence-corrected chi connectivity index (χ3v) is 8.21. The Morgan fingerprint density at radius 2 is 1.86 bits per heavy atom. The van der Waals surface area contributed by atoms with E-state index in [2.05, 4.69) is 19.8 Å². The minimum atomic E-state index is -2.69. The van der Waals surface area contributed by atoms with Crippen molar-refractivity contribution >= 4 is 39.9 Å². The lowest BCUT2D eigenvalue weighted by Gasteiger charge is -2.38. The van der Waals surface area contributed by atoms with Crippen LogP contribution in [0.25, 0.3) is 16.6 Å². The van der Waals surface area contributed by atoms with Gasteiger partial charge in [-0.15, -0.1) is 0 Å². The number of hydrogen-bond acceptors (Lipinski definition) is 6. The van der Waals surface area contributed by atoms with Crippen molar-refractivity contribution in [3.05, 3.63) is 88.7 Å². The minimum Gasteiger partial charge on any atom is -0.465 e. The van der Waals surface area contributed by atoms with Crippen molar-refractivity contribution < 1.29 is 23.0 Å². The van der Waals surface area contributed by atoms with Crippen LogP contribution < -0.4 is 9.64 Å². The standard InChI is InChI=1S/C32H31ClF2N4O3/c1-41-31(40)28-7-6-25(17-29(28)42-26-16-22-9-11-36-30(22)37-19-26)39-14-12-38(13-15-39)20-23-18-32(34,35)10-8-27(23)21-2-4-24(33)5-3-21/h2-7,9,11,16-17,19H,8,10,12-15,18,20H2,1H3,(H,36,37). The molecule has 2 aromatic carbocycles. The van der Waals surface area contributed by atoms with E-state index in [-0.39, 0.29) is 12.8 Å². The minimum absolute atomic E-state index is 0.136. The number of fused-ring (bicyclic) bond motifs is 1. The van der Waals surface area contributed by atoms with E-state index in [9.17, 15) is 13.6 Å². The largest absolute Gasteiger partial charge is 0.465 e. The number of carbonyl (C=O) groups is 1. The number of nitrogens with zero attached hydrogens (tertiary/aromatic N) is 3. The Morgan fingerprint density at radius 1 is 1.07 bits per heavy atom. The fourth-order valence-corrected chi connectivity index (χ4v) is 5.88. The van der Waals surface area contributed by atoms with Gasteiger partial charge in [0.2, 0.25) is 0 Å². The highest BCUT2D eigenvalue weighted by molar-refractivity contribution is 6.30. The second-order valence-electron chi connectivity index (χ2n) is 10.7. The van der Waals surface area contributed by atoms with E-state index in [1.54, 1.807) is 18.5 Å². The summed E-state index contributed by atoms with van der Waals surface area (Å²) in [5.41, 5.74) is 4.73. The maximum absolute atomic E-state index is 14.5. The predicted molar refractivity (Wildman–Crippen MR) is 160 cm³/mol. The topological polar surface area (TPSA) is 70.7 Å². The number of benzene rings is 2. The van der Waals surface area contributed by atoms with Crippen molar-refractivity contribution in [3.8, 4) is 11.5 Å². The molecule has 2 aromatic heterocycles. The van der Waals surface area contributed by atoms with Crippen molar-refractivity contribution in [2.24, 2.45) is 0 Å². The van der Waals surface area contributed by atoms with Gasteiger partial charge in [-0.1, -0.05) is 23.7 Å². The number of aromatic amines is 1. The second kappa shape index (κ2) is 11.7. The Labute approximate surface area is 247 Å². The number of alkyl halides is 2. The van der Waals surface area contributed by atoms with Crippen LogP contribution >= 0.6 is 11.6 Å². The summed E-state index contributed by atoms with van der Waals surface area (Å²) in [4.78, 5) is 24.4. The number of aromatic nitrogens is 2. The van der Waals surface area contributed by atoms with Gasteiger partial charge in [0.05, 0.1) is 13.3 Å². The molecule has 1 aliphatic heterocycles. The number of piperazine rings is 1. The Morgan fingerprint density at radius 3 is 2.62 bits per heavy atom. The molecule has 42 heavy (non-hydrogen) atoms. The molecular weight excluding hydrogens is 562 g/mol. The van der Waals surface area contributed by atoms with Gasteiger partial charge in [-0.2, -0.15) is 0 Å². The van der Waals surface area contributed by atoms with Crippen LogP contribution in [-0.2, 0) is 4.74 Å². The Bertz CT molecular complexity index is 1630. The molecule has 0 unspecified atom stereocenters. The number of allylic oxidation sites excluding steroid dienone is 1. The number of H-pyrrole nitrogens is 1. The number of esters is 1. The average molecular weight is 593 g/mol. The summed E-state index contributed by atoms with van der Waals surface area (Å²) >= 11 is 6.07. The molecular formula is C32H31ClF2N4O3. The van der Waals surface area contributed by atoms with Gasteiger partial charge in [0.25, 0.3) is 5.92 Å². The molecule has 0 amide bonds. The molecule has 1 aliphatic carbocycles. The molecule has 7 nitrogen and oxygen atoms in total. The van der Waals surface area contributed by atoms with E-state index in [1.807, 2.05) is 48.5 Å². The summed E-state index contributed by atoms with van der Waals surface area (Å²) in [6, 6.07) is 16.6. The summed E-state index contributed by atoms with van der Waals surface area (Å²) < 4.78 is 40.1. The van der Waals surface area contributed by atoms with Gasteiger partial charge in [0.15, 0.2) is 0 Å². The number of carbonyl (C=O) groups excluding carboxylic acids is 1. The van der Waals surface area contributed by atoms with Gasteiger partial charge in [-0.3, -0.25) is 4.90 Å². The molecule has 10 heteroatoms. The van der Waals surface area contributed by atoms with Crippen molar-refractivity contribution in [2.45, 2.75) is 25.2 Å². The second-order valence-corrected chi connectivity index (χ2v) is 11.2. The van der Waals surface area contributed by atoms with Gasteiger partial charge in [-0.05, 0) is 59.5 Å². The highest BCUT2D eigenvalue weighted by Gasteiger charge is 2.36. The lowest BCUT2D eigenvalue weighted by molar-refractivity contribution is -0.0109. The first-order chi connectivity index (χ1) is 20.3. The number of methoxy groups -OCH3 is 1. The first kappa shape index (κ1) is 28.2. The van der Waals surface area contributed by atoms with Gasteiger partial charge in [0.1, 0.15) is 22.7 Å². The quantitative estimate of drug-likeness (QED) is 0.229. The smallest absolute Gasteiger partial charge is 0.341 e. The fraction of sp³-hybridized carbons (Fsp3) is 0.312. The summed E-state index contributed by atoms with van der Waals surface area (Å²) in [5.74, 6) is -2.30. The van der Waals surface area contributed by atoms with Crippen LogP contribution in [0.1, 0.15) is 35.2 Å². The Balaban J connectivity index is 1.18. The molecule has 0 saturated carbocycles. The molecule has 1 fully saturated rings. The summed E-state index contributed by atoms with van der Waals surface area (Å²) in [6.07, 6.45) is 3.41. The molecule has 6 rings (SSSR count). The molecule has 0 radical (unpaired) electrons. The van der Waals surface area contributed by atoms with E-state index in [4.69, 9.17) is 21.1 Å². The van der Waals surface area contributed by atoms with Crippen molar-refractivity contribution in [1.82, 2.24) is 14.9 Å². The summed E-state index contributed by atoms with van der Waals surface area (Å²) in [5, 5.41) is 1.52. The number of ether oxygens (including phenoxy) is 2. The van der Waals surface area contributed by atoms with Crippen LogP contribution in [0, 0.1) is 0 Å². The van der Waals surface area contributed by atoms with E-state index in [0.717, 1.165) is 33.4 Å². The number of hydrogen-bond donors (Lipinski definition) is 1. The van der Waals surface area contributed by atoms with Crippen molar-refractivity contribution in [3.63, 3.8) is 0 Å². The Hall–Kier alpha value is -3.95. The number of pyridine rings is 1. The maximum atomic E-state index is 14.5. The first-order valence-electron chi connectivity index (χ1n) is 13.9. The number of nitrogens with one attached hydrogen (secondary N) is 1. The van der Waals surface area contributed by atoms with E-state index >= 15 is 0 Å². The molecule has 0 bridgehead atoms. The third kappa shape index (κ3) is 6.12. The average Bonchev–Trinajstić information content (AvgIpc) is 3.46. The molecule has 1 saturated heterocycles. The number of rotatable bonds is 7. The lowest BCUT2D eigenvalue weighted by Crippen LogP contribution is -2.47. The van der Waals surface area contributed by atoms with Gasteiger partial charge < -0.3 is 19.4 Å². The molecule has 4 aromatic rings. The molecule has 0 spiro atoms. The van der Waals surface area contributed by atoms with Crippen molar-refractivity contribution in [2.75, 3.05) is 44.7 Å². The van der Waals surface area contributed by atoms with E-state index in [1.165, 1.54) is 7.11 Å². The number of halogens is 3. The molecule has 2 aliphatic rings. The summed E-state index contributed by atoms with van der Waals surface area (Å²) in [7, 11) is 1.34. The molecule has 218 valence electrons. The van der Waals surface area contributed by atoms with Crippen LogP contribution in [0.2, 0.25) is 5.02 Å². The first-order valence-corrected chi connectivity index (χ1v) is 14.3. The molecule has 3 heterocycles. The van der Waals surface area contributed by atoms with Crippen molar-refractivity contribution in [1.29, 1.82) is 0 Å². The van der Waals surface area contributed by atoms with Crippen LogP contribution in [0.5, 0.6) is 11.5 Å². The third-order valence-electron chi connectivity index (χ3n) is 7.96. The van der Waals surface area contributed by atoms with Gasteiger partial charge >= 0.3 is 5.97 Å². The van der Waals surface area contributed by atoms with E-state index in [0.29, 0.717) is 61.2 Å². The van der Waals surface area contributed by atoms with Gasteiger partial charge in [-0.25, -0.2) is 18.6 Å². The SMILES string of the molecule is COC(=O)c1ccc(N2CCN(CC3=C(c4ccc(Cl)cc4)CCC(F)(F)C3)CC2)cc1Oc1cnc2[nH]ccc2c1. The summed E-state index contributed by atoms with van der Waals surface area (Å²) in [6.45, 7) is 3.34. The fourth-order valence-electron chi connectivity index (χ4n) is 5.75. The van der Waals surface area contributed by atoms with Crippen LogP contribution in [-0.4, -0.2) is 66.6 Å². The normalized spacial score (nSPS) is 17.5. The zero-order valence-electron chi connectivity index (χ0n) is 23.2. The Kier molecular flexibility index (Phi) is 7.88. The lowest BCUT2D eigenvalue weighted by atomic mass is 9.85. The maximum Gasteiger partial charge on any atom is 0.341 e. The molecule has 1 N–H and O–H groups in total. The predicted octanol–water partition coefficient (Wildman–Crippen LogP) is 7.19. The zero-order valence-corrected chi connectivity index (χ0v) is 24.0. The van der Waals surface area contributed by atoms with Gasteiger partial charge in [0, 0.05) is 73.9 Å². The molecule has 0 atom stereocenters. The highest BCUT2D eigenvalue weighted by atomic mass is 35.5. The van der Waals surface area contributed by atoms with Crippen LogP contribution in [0.15, 0.2) is 72.6 Å². The monoisotopic (exact) mass is 592 g/mol. The van der Waals surface area contributed by atoms with Crippen LogP contribution in [0.3, 0.4) is 0 Å². The zero-order chi connectivity index (χ0) is 29.3. The number of anilines is 1. The van der Waals surface area contributed by atoms with Crippen LogP contribution in [0.4, 0.5) is 14.5 Å².